The Hall–Kier alpha value is -1.92. The van der Waals surface area contributed by atoms with Crippen molar-refractivity contribution in [3.8, 4) is 0 Å². The molecule has 0 aromatic heterocycles. The molecule has 0 spiro atoms. The lowest BCUT2D eigenvalue weighted by molar-refractivity contribution is -0.130. The van der Waals surface area contributed by atoms with Crippen LogP contribution in [-0.4, -0.2) is 49.6 Å². The van der Waals surface area contributed by atoms with Gasteiger partial charge >= 0.3 is 0 Å². The molecule has 2 heterocycles. The number of carbonyl (C=O) groups excluding carboxylic acids is 2. The van der Waals surface area contributed by atoms with Crippen LogP contribution < -0.4 is 11.1 Å². The third-order valence-corrected chi connectivity index (χ3v) is 5.61. The van der Waals surface area contributed by atoms with Crippen LogP contribution in [0.4, 0.5) is 5.69 Å². The fraction of sp³-hybridized carbons (Fsp3) is 0.600. The summed E-state index contributed by atoms with van der Waals surface area (Å²) in [7, 11) is 0. The highest BCUT2D eigenvalue weighted by Crippen LogP contribution is 2.31. The van der Waals surface area contributed by atoms with Crippen molar-refractivity contribution in [2.45, 2.75) is 38.5 Å². The molecule has 26 heavy (non-hydrogen) atoms. The van der Waals surface area contributed by atoms with Gasteiger partial charge in [0, 0.05) is 44.1 Å². The van der Waals surface area contributed by atoms with E-state index in [1.165, 1.54) is 12.8 Å². The number of nitrogens with two attached hydrogens (primary N) is 1. The van der Waals surface area contributed by atoms with Crippen molar-refractivity contribution in [1.29, 1.82) is 0 Å². The van der Waals surface area contributed by atoms with Crippen molar-refractivity contribution in [1.82, 2.24) is 4.90 Å². The lowest BCUT2D eigenvalue weighted by atomic mass is 9.79. The molecule has 1 aromatic rings. The second kappa shape index (κ2) is 8.64. The molecule has 2 amide bonds. The summed E-state index contributed by atoms with van der Waals surface area (Å²) in [5.74, 6) is 0.0162. The van der Waals surface area contributed by atoms with Gasteiger partial charge in [-0.15, -0.1) is 0 Å². The number of benzene rings is 1. The molecule has 3 N–H and O–H groups in total. The molecule has 0 atom stereocenters. The zero-order chi connectivity index (χ0) is 18.4. The van der Waals surface area contributed by atoms with Gasteiger partial charge < -0.3 is 20.7 Å². The number of nitrogens with one attached hydrogen (secondary N) is 1. The molecule has 142 valence electrons. The van der Waals surface area contributed by atoms with E-state index >= 15 is 0 Å². The van der Waals surface area contributed by atoms with Gasteiger partial charge in [-0.3, -0.25) is 9.59 Å². The van der Waals surface area contributed by atoms with E-state index in [1.807, 2.05) is 4.90 Å². The maximum absolute atomic E-state index is 12.7. The lowest BCUT2D eigenvalue weighted by Crippen LogP contribution is -2.46. The highest BCUT2D eigenvalue weighted by atomic mass is 16.5. The molecule has 2 saturated heterocycles. The van der Waals surface area contributed by atoms with Gasteiger partial charge in [0.25, 0.3) is 5.91 Å². The van der Waals surface area contributed by atoms with Crippen molar-refractivity contribution in [3.05, 3.63) is 29.8 Å². The van der Waals surface area contributed by atoms with Crippen molar-refractivity contribution < 1.29 is 14.3 Å². The second-order valence-corrected chi connectivity index (χ2v) is 7.33. The van der Waals surface area contributed by atoms with E-state index in [1.54, 1.807) is 24.3 Å². The molecular weight excluding hydrogens is 330 g/mol. The minimum Gasteiger partial charge on any atom is -0.381 e. The molecule has 6 nitrogen and oxygen atoms in total. The van der Waals surface area contributed by atoms with Crippen LogP contribution in [0.1, 0.15) is 48.9 Å². The standard InChI is InChI=1S/C20H29N3O3/c21-15-20(9-13-26-14-10-20)19(25)22-17-7-5-16(6-8-17)18(24)23-11-3-1-2-4-12-23/h5-8H,1-4,9-15,21H2,(H,22,25). The molecule has 0 saturated carbocycles. The first-order chi connectivity index (χ1) is 12.6. The predicted molar refractivity (Wildman–Crippen MR) is 101 cm³/mol. The topological polar surface area (TPSA) is 84.7 Å². The van der Waals surface area contributed by atoms with Crippen LogP contribution in [0.2, 0.25) is 0 Å². The Balaban J connectivity index is 1.63. The Morgan fingerprint density at radius 2 is 1.65 bits per heavy atom. The van der Waals surface area contributed by atoms with E-state index in [0.29, 0.717) is 43.9 Å². The SMILES string of the molecule is NCC1(C(=O)Nc2ccc(C(=O)N3CCCCCC3)cc2)CCOCC1. The molecule has 0 unspecified atom stereocenters. The summed E-state index contributed by atoms with van der Waals surface area (Å²) in [5, 5.41) is 2.96. The third-order valence-electron chi connectivity index (χ3n) is 5.61. The Bertz CT molecular complexity index is 616. The van der Waals surface area contributed by atoms with Crippen LogP contribution in [-0.2, 0) is 9.53 Å². The molecule has 3 rings (SSSR count). The quantitative estimate of drug-likeness (QED) is 0.864. The lowest BCUT2D eigenvalue weighted by Gasteiger charge is -2.34. The highest BCUT2D eigenvalue weighted by molar-refractivity contribution is 5.97. The van der Waals surface area contributed by atoms with E-state index in [-0.39, 0.29) is 11.8 Å². The monoisotopic (exact) mass is 359 g/mol. The first-order valence-electron chi connectivity index (χ1n) is 9.63. The first-order valence-corrected chi connectivity index (χ1v) is 9.63. The summed E-state index contributed by atoms with van der Waals surface area (Å²) in [6.45, 7) is 3.10. The van der Waals surface area contributed by atoms with E-state index in [0.717, 1.165) is 25.9 Å². The number of likely N-dealkylation sites (tertiary alicyclic amines) is 1. The number of ether oxygens (including phenoxy) is 1. The summed E-state index contributed by atoms with van der Waals surface area (Å²) in [6.07, 6.45) is 5.82. The van der Waals surface area contributed by atoms with Crippen LogP contribution in [0.3, 0.4) is 0 Å². The summed E-state index contributed by atoms with van der Waals surface area (Å²) in [5.41, 5.74) is 6.70. The number of hydrogen-bond acceptors (Lipinski definition) is 4. The van der Waals surface area contributed by atoms with Gasteiger partial charge in [0.2, 0.25) is 5.91 Å². The second-order valence-electron chi connectivity index (χ2n) is 7.33. The van der Waals surface area contributed by atoms with Crippen LogP contribution in [0, 0.1) is 5.41 Å². The van der Waals surface area contributed by atoms with Gasteiger partial charge in [0.05, 0.1) is 5.41 Å². The van der Waals surface area contributed by atoms with Gasteiger partial charge in [-0.1, -0.05) is 12.8 Å². The molecule has 0 aliphatic carbocycles. The zero-order valence-corrected chi connectivity index (χ0v) is 15.3. The molecular formula is C20H29N3O3. The van der Waals surface area contributed by atoms with E-state index in [2.05, 4.69) is 5.32 Å². The first kappa shape index (κ1) is 18.9. The summed E-state index contributed by atoms with van der Waals surface area (Å²) in [6, 6.07) is 7.18. The fourth-order valence-electron chi connectivity index (χ4n) is 3.70. The van der Waals surface area contributed by atoms with Crippen molar-refractivity contribution in [2.24, 2.45) is 11.1 Å². The number of hydrogen-bond donors (Lipinski definition) is 2. The Kier molecular flexibility index (Phi) is 6.27. The Morgan fingerprint density at radius 1 is 1.04 bits per heavy atom. The van der Waals surface area contributed by atoms with Crippen molar-refractivity contribution in [3.63, 3.8) is 0 Å². The van der Waals surface area contributed by atoms with E-state index < -0.39 is 5.41 Å². The van der Waals surface area contributed by atoms with E-state index in [9.17, 15) is 9.59 Å². The van der Waals surface area contributed by atoms with Gasteiger partial charge in [-0.05, 0) is 49.9 Å². The summed E-state index contributed by atoms with van der Waals surface area (Å²) >= 11 is 0. The minimum atomic E-state index is -0.557. The number of anilines is 1. The van der Waals surface area contributed by atoms with Crippen LogP contribution in [0.25, 0.3) is 0 Å². The highest BCUT2D eigenvalue weighted by Gasteiger charge is 2.38. The maximum Gasteiger partial charge on any atom is 0.253 e. The number of rotatable bonds is 4. The van der Waals surface area contributed by atoms with Crippen molar-refractivity contribution in [2.75, 3.05) is 38.2 Å². The van der Waals surface area contributed by atoms with Gasteiger partial charge in [-0.25, -0.2) is 0 Å². The zero-order valence-electron chi connectivity index (χ0n) is 15.3. The van der Waals surface area contributed by atoms with Gasteiger partial charge in [0.1, 0.15) is 0 Å². The third kappa shape index (κ3) is 4.24. The fourth-order valence-corrected chi connectivity index (χ4v) is 3.70. The average molecular weight is 359 g/mol. The minimum absolute atomic E-state index is 0.0603. The van der Waals surface area contributed by atoms with Crippen LogP contribution >= 0.6 is 0 Å². The Morgan fingerprint density at radius 3 is 2.23 bits per heavy atom. The van der Waals surface area contributed by atoms with Crippen molar-refractivity contribution >= 4 is 17.5 Å². The average Bonchev–Trinajstić information content (AvgIpc) is 2.98. The smallest absolute Gasteiger partial charge is 0.253 e. The molecule has 2 aliphatic rings. The molecule has 1 aromatic carbocycles. The van der Waals surface area contributed by atoms with Gasteiger partial charge in [0.15, 0.2) is 0 Å². The molecule has 6 heteroatoms. The predicted octanol–water partition coefficient (Wildman–Crippen LogP) is 2.40. The largest absolute Gasteiger partial charge is 0.381 e. The normalized spacial score (nSPS) is 20.3. The van der Waals surface area contributed by atoms with Crippen LogP contribution in [0.15, 0.2) is 24.3 Å². The molecule has 2 aliphatic heterocycles. The molecule has 2 fully saturated rings. The number of carbonyl (C=O) groups is 2. The number of nitrogens with zero attached hydrogens (tertiary/aromatic N) is 1. The van der Waals surface area contributed by atoms with E-state index in [4.69, 9.17) is 10.5 Å². The molecule has 0 radical (unpaired) electrons. The summed E-state index contributed by atoms with van der Waals surface area (Å²) < 4.78 is 5.36. The van der Waals surface area contributed by atoms with Gasteiger partial charge in [-0.2, -0.15) is 0 Å². The molecule has 0 bridgehead atoms. The summed E-state index contributed by atoms with van der Waals surface area (Å²) in [4.78, 5) is 27.3. The van der Waals surface area contributed by atoms with Crippen LogP contribution in [0.5, 0.6) is 0 Å². The Labute approximate surface area is 155 Å². The maximum atomic E-state index is 12.7. The number of amides is 2.